The van der Waals surface area contributed by atoms with E-state index in [0.29, 0.717) is 25.7 Å². The summed E-state index contributed by atoms with van der Waals surface area (Å²) in [5.41, 5.74) is 0.853. The molecule has 1 aromatic carbocycles. The van der Waals surface area contributed by atoms with E-state index in [2.05, 4.69) is 5.32 Å². The van der Waals surface area contributed by atoms with Crippen molar-refractivity contribution in [2.75, 3.05) is 18.0 Å². The number of aliphatic carboxylic acids is 1. The smallest absolute Gasteiger partial charge is 0.311 e. The van der Waals surface area contributed by atoms with Crippen molar-refractivity contribution in [3.05, 3.63) is 29.8 Å². The molecule has 2 amide bonds. The van der Waals surface area contributed by atoms with Gasteiger partial charge >= 0.3 is 5.97 Å². The maximum Gasteiger partial charge on any atom is 0.311 e. The zero-order valence-corrected chi connectivity index (χ0v) is 14.2. The van der Waals surface area contributed by atoms with Gasteiger partial charge in [-0.15, -0.1) is 0 Å². The lowest BCUT2D eigenvalue weighted by atomic mass is 9.82. The van der Waals surface area contributed by atoms with Crippen LogP contribution in [0.25, 0.3) is 0 Å². The number of para-hydroxylation sites is 1. The summed E-state index contributed by atoms with van der Waals surface area (Å²) in [6.45, 7) is 3.58. The van der Waals surface area contributed by atoms with E-state index in [1.165, 1.54) is 4.90 Å². The molecule has 1 aliphatic heterocycles. The monoisotopic (exact) mass is 332 g/mol. The molecule has 0 saturated carbocycles. The summed E-state index contributed by atoms with van der Waals surface area (Å²) in [7, 11) is 0. The first-order valence-electron chi connectivity index (χ1n) is 8.32. The Hall–Kier alpha value is -2.37. The zero-order chi connectivity index (χ0) is 17.7. The number of amides is 2. The van der Waals surface area contributed by atoms with E-state index in [1.54, 1.807) is 13.8 Å². The Labute approximate surface area is 141 Å². The molecule has 0 atom stereocenters. The van der Waals surface area contributed by atoms with E-state index < -0.39 is 11.4 Å². The summed E-state index contributed by atoms with van der Waals surface area (Å²) < 4.78 is 0. The van der Waals surface area contributed by atoms with E-state index in [0.717, 1.165) is 11.3 Å². The Morgan fingerprint density at radius 1 is 1.21 bits per heavy atom. The lowest BCUT2D eigenvalue weighted by molar-refractivity contribution is -0.149. The summed E-state index contributed by atoms with van der Waals surface area (Å²) in [6, 6.07) is 7.54. The third-order valence-electron chi connectivity index (χ3n) is 4.92. The second kappa shape index (κ2) is 7.47. The number of carbonyl (C=O) groups excluding carboxylic acids is 2. The molecule has 0 spiro atoms. The van der Waals surface area contributed by atoms with Crippen LogP contribution in [0.2, 0.25) is 0 Å². The number of fused-ring (bicyclic) bond motifs is 1. The number of aryl methyl sites for hydroxylation is 1. The molecule has 0 saturated heterocycles. The molecule has 6 nitrogen and oxygen atoms in total. The minimum Gasteiger partial charge on any atom is -0.481 e. The quantitative estimate of drug-likeness (QED) is 0.799. The number of carboxylic acids is 1. The third kappa shape index (κ3) is 3.58. The zero-order valence-electron chi connectivity index (χ0n) is 14.2. The van der Waals surface area contributed by atoms with Crippen LogP contribution in [0, 0.1) is 5.41 Å². The van der Waals surface area contributed by atoms with Gasteiger partial charge < -0.3 is 15.3 Å². The summed E-state index contributed by atoms with van der Waals surface area (Å²) >= 11 is 0. The predicted octanol–water partition coefficient (Wildman–Crippen LogP) is 1.97. The second-order valence-corrected chi connectivity index (χ2v) is 6.18. The van der Waals surface area contributed by atoms with Crippen molar-refractivity contribution >= 4 is 23.5 Å². The number of anilines is 1. The Kier molecular flexibility index (Phi) is 5.59. The fourth-order valence-electron chi connectivity index (χ4n) is 3.02. The van der Waals surface area contributed by atoms with Crippen LogP contribution < -0.4 is 10.2 Å². The fraction of sp³-hybridized carbons (Fsp3) is 0.500. The normalized spacial score (nSPS) is 14.2. The maximum absolute atomic E-state index is 12.3. The van der Waals surface area contributed by atoms with Crippen LogP contribution in [-0.2, 0) is 20.8 Å². The Bertz CT molecular complexity index is 638. The highest BCUT2D eigenvalue weighted by Crippen LogP contribution is 2.28. The molecule has 0 aliphatic carbocycles. The largest absolute Gasteiger partial charge is 0.481 e. The van der Waals surface area contributed by atoms with Crippen molar-refractivity contribution in [2.24, 2.45) is 5.41 Å². The minimum absolute atomic E-state index is 0.0673. The average Bonchev–Trinajstić information content (AvgIpc) is 2.58. The number of rotatable bonds is 7. The molecule has 130 valence electrons. The van der Waals surface area contributed by atoms with Gasteiger partial charge in [0.05, 0.1) is 5.41 Å². The lowest BCUT2D eigenvalue weighted by Gasteiger charge is -2.30. The Balaban J connectivity index is 2.05. The van der Waals surface area contributed by atoms with Crippen LogP contribution in [0.3, 0.4) is 0 Å². The van der Waals surface area contributed by atoms with Crippen LogP contribution in [0.1, 0.15) is 38.7 Å². The van der Waals surface area contributed by atoms with Gasteiger partial charge in [-0.25, -0.2) is 0 Å². The van der Waals surface area contributed by atoms with Crippen LogP contribution >= 0.6 is 0 Å². The molecule has 24 heavy (non-hydrogen) atoms. The molecule has 0 fully saturated rings. The SMILES string of the molecule is CCC(CC)(CNC(=O)CN1C(=O)CCc2ccccc21)C(=O)O. The van der Waals surface area contributed by atoms with Crippen LogP contribution in [0.5, 0.6) is 0 Å². The highest BCUT2D eigenvalue weighted by Gasteiger charge is 2.35. The first-order valence-corrected chi connectivity index (χ1v) is 8.32. The molecule has 0 unspecified atom stereocenters. The van der Waals surface area contributed by atoms with Crippen molar-refractivity contribution in [1.29, 1.82) is 0 Å². The van der Waals surface area contributed by atoms with Crippen LogP contribution in [0.15, 0.2) is 24.3 Å². The van der Waals surface area contributed by atoms with E-state index in [4.69, 9.17) is 0 Å². The molecule has 1 aliphatic rings. The van der Waals surface area contributed by atoms with Gasteiger partial charge in [0.1, 0.15) is 6.54 Å². The van der Waals surface area contributed by atoms with E-state index >= 15 is 0 Å². The maximum atomic E-state index is 12.3. The lowest BCUT2D eigenvalue weighted by Crippen LogP contribution is -2.47. The molecular weight excluding hydrogens is 308 g/mol. The van der Waals surface area contributed by atoms with Crippen LogP contribution in [0.4, 0.5) is 5.69 Å². The molecular formula is C18H24N2O4. The molecule has 1 heterocycles. The summed E-state index contributed by atoms with van der Waals surface area (Å²) in [5.74, 6) is -1.33. The van der Waals surface area contributed by atoms with Gasteiger partial charge in [0, 0.05) is 18.7 Å². The van der Waals surface area contributed by atoms with Crippen molar-refractivity contribution in [3.63, 3.8) is 0 Å². The molecule has 1 aromatic rings. The molecule has 0 bridgehead atoms. The first kappa shape index (κ1) is 18.0. The van der Waals surface area contributed by atoms with Crippen molar-refractivity contribution in [1.82, 2.24) is 5.32 Å². The molecule has 0 aromatic heterocycles. The van der Waals surface area contributed by atoms with Gasteiger partial charge in [-0.3, -0.25) is 14.4 Å². The van der Waals surface area contributed by atoms with Gasteiger partial charge in [-0.2, -0.15) is 0 Å². The standard InChI is InChI=1S/C18H24N2O4/c1-3-18(4-2,17(23)24)12-19-15(21)11-20-14-8-6-5-7-13(14)9-10-16(20)22/h5-8H,3-4,9-12H2,1-2H3,(H,19,21)(H,23,24). The average molecular weight is 332 g/mol. The molecule has 2 N–H and O–H groups in total. The Morgan fingerprint density at radius 2 is 1.88 bits per heavy atom. The number of nitrogens with zero attached hydrogens (tertiary/aromatic N) is 1. The van der Waals surface area contributed by atoms with Crippen LogP contribution in [-0.4, -0.2) is 36.0 Å². The van der Waals surface area contributed by atoms with E-state index in [9.17, 15) is 19.5 Å². The van der Waals surface area contributed by atoms with Gasteiger partial charge in [0.2, 0.25) is 11.8 Å². The number of hydrogen-bond acceptors (Lipinski definition) is 3. The van der Waals surface area contributed by atoms with Crippen molar-refractivity contribution in [3.8, 4) is 0 Å². The Morgan fingerprint density at radius 3 is 2.50 bits per heavy atom. The fourth-order valence-corrected chi connectivity index (χ4v) is 3.02. The van der Waals surface area contributed by atoms with E-state index in [1.807, 2.05) is 24.3 Å². The first-order chi connectivity index (χ1) is 11.4. The minimum atomic E-state index is -0.959. The van der Waals surface area contributed by atoms with Gasteiger partial charge in [0.15, 0.2) is 0 Å². The topological polar surface area (TPSA) is 86.7 Å². The van der Waals surface area contributed by atoms with Gasteiger partial charge in [-0.05, 0) is 30.9 Å². The predicted molar refractivity (Wildman–Crippen MR) is 90.8 cm³/mol. The molecule has 0 radical (unpaired) electrons. The third-order valence-corrected chi connectivity index (χ3v) is 4.92. The van der Waals surface area contributed by atoms with Gasteiger partial charge in [0.25, 0.3) is 0 Å². The molecule has 6 heteroatoms. The summed E-state index contributed by atoms with van der Waals surface area (Å²) in [5, 5.41) is 12.1. The molecule has 2 rings (SSSR count). The number of benzene rings is 1. The highest BCUT2D eigenvalue weighted by atomic mass is 16.4. The highest BCUT2D eigenvalue weighted by molar-refractivity contribution is 6.01. The summed E-state index contributed by atoms with van der Waals surface area (Å²) in [4.78, 5) is 37.4. The summed E-state index contributed by atoms with van der Waals surface area (Å²) in [6.07, 6.45) is 1.93. The number of carbonyl (C=O) groups is 3. The van der Waals surface area contributed by atoms with Crippen molar-refractivity contribution in [2.45, 2.75) is 39.5 Å². The van der Waals surface area contributed by atoms with E-state index in [-0.39, 0.29) is 24.9 Å². The number of carboxylic acid groups (broad SMARTS) is 1. The van der Waals surface area contributed by atoms with Crippen molar-refractivity contribution < 1.29 is 19.5 Å². The number of hydrogen-bond donors (Lipinski definition) is 2. The second-order valence-electron chi connectivity index (χ2n) is 6.18. The van der Waals surface area contributed by atoms with Gasteiger partial charge in [-0.1, -0.05) is 32.0 Å². The number of nitrogens with one attached hydrogen (secondary N) is 1.